The van der Waals surface area contributed by atoms with E-state index in [1.165, 1.54) is 37.9 Å². The van der Waals surface area contributed by atoms with Crippen molar-refractivity contribution in [1.29, 1.82) is 0 Å². The lowest BCUT2D eigenvalue weighted by Gasteiger charge is -2.07. The van der Waals surface area contributed by atoms with Crippen molar-refractivity contribution in [3.8, 4) is 0 Å². The molecule has 1 nitrogen and oxygen atoms in total. The van der Waals surface area contributed by atoms with Crippen LogP contribution in [-0.2, 0) is 0 Å². The number of furan rings is 1. The van der Waals surface area contributed by atoms with Gasteiger partial charge in [-0.3, -0.25) is 0 Å². The van der Waals surface area contributed by atoms with Crippen molar-refractivity contribution < 1.29 is 4.42 Å². The summed E-state index contributed by atoms with van der Waals surface area (Å²) in [5, 5.41) is 7.44. The molecule has 0 aliphatic heterocycles. The fourth-order valence-electron chi connectivity index (χ4n) is 3.88. The Bertz CT molecular complexity index is 1220. The van der Waals surface area contributed by atoms with Crippen molar-refractivity contribution in [3.05, 3.63) is 72.3 Å². The zero-order chi connectivity index (χ0) is 16.3. The van der Waals surface area contributed by atoms with Crippen LogP contribution in [0.5, 0.6) is 0 Å². The quantitative estimate of drug-likeness (QED) is 0.303. The minimum absolute atomic E-state index is 0.470. The van der Waals surface area contributed by atoms with E-state index < -0.39 is 0 Å². The zero-order valence-corrected chi connectivity index (χ0v) is 13.8. The van der Waals surface area contributed by atoms with E-state index in [4.69, 9.17) is 4.42 Å². The van der Waals surface area contributed by atoms with Crippen LogP contribution in [0.1, 0.15) is 25.3 Å². The first kappa shape index (κ1) is 13.6. The van der Waals surface area contributed by atoms with Crippen molar-refractivity contribution in [2.24, 2.45) is 0 Å². The van der Waals surface area contributed by atoms with Crippen molar-refractivity contribution >= 4 is 43.5 Å². The zero-order valence-electron chi connectivity index (χ0n) is 13.8. The second-order valence-corrected chi connectivity index (χ2v) is 6.80. The standard InChI is InChI=1S/C23H18O/c1-14(2)17-8-5-9-20-22(17)19-13-12-16-11-10-15-6-3-4-7-18(15)21(16)23(19)24-20/h3-14H,1-2H3. The fourth-order valence-corrected chi connectivity index (χ4v) is 3.88. The van der Waals surface area contributed by atoms with Crippen LogP contribution in [-0.4, -0.2) is 0 Å². The second kappa shape index (κ2) is 4.85. The van der Waals surface area contributed by atoms with Gasteiger partial charge in [-0.1, -0.05) is 68.4 Å². The predicted molar refractivity (Wildman–Crippen MR) is 103 cm³/mol. The molecule has 1 heterocycles. The Balaban J connectivity index is 2.07. The normalized spacial score (nSPS) is 12.1. The Morgan fingerprint density at radius 2 is 1.46 bits per heavy atom. The summed E-state index contributed by atoms with van der Waals surface area (Å²) >= 11 is 0. The van der Waals surface area contributed by atoms with Gasteiger partial charge in [0.2, 0.25) is 0 Å². The lowest BCUT2D eigenvalue weighted by atomic mass is 9.95. The minimum Gasteiger partial charge on any atom is -0.455 e. The predicted octanol–water partition coefficient (Wildman–Crippen LogP) is 7.02. The van der Waals surface area contributed by atoms with E-state index in [2.05, 4.69) is 80.6 Å². The number of fused-ring (bicyclic) bond motifs is 7. The lowest BCUT2D eigenvalue weighted by Crippen LogP contribution is -1.87. The summed E-state index contributed by atoms with van der Waals surface area (Å²) in [7, 11) is 0. The topological polar surface area (TPSA) is 13.1 Å². The van der Waals surface area contributed by atoms with E-state index in [0.29, 0.717) is 5.92 Å². The summed E-state index contributed by atoms with van der Waals surface area (Å²) in [6, 6.07) is 23.7. The summed E-state index contributed by atoms with van der Waals surface area (Å²) in [5.41, 5.74) is 3.34. The Labute approximate surface area is 140 Å². The van der Waals surface area contributed by atoms with Crippen LogP contribution in [0.25, 0.3) is 43.5 Å². The molecule has 0 atom stereocenters. The van der Waals surface area contributed by atoms with Crippen LogP contribution in [0.2, 0.25) is 0 Å². The van der Waals surface area contributed by atoms with E-state index in [1.54, 1.807) is 0 Å². The van der Waals surface area contributed by atoms with Crippen molar-refractivity contribution in [1.82, 2.24) is 0 Å². The molecule has 0 bridgehead atoms. The first-order valence-electron chi connectivity index (χ1n) is 8.49. The summed E-state index contributed by atoms with van der Waals surface area (Å²) < 4.78 is 6.36. The highest BCUT2D eigenvalue weighted by Crippen LogP contribution is 2.40. The van der Waals surface area contributed by atoms with E-state index in [0.717, 1.165) is 11.2 Å². The van der Waals surface area contributed by atoms with Gasteiger partial charge in [-0.2, -0.15) is 0 Å². The van der Waals surface area contributed by atoms with Crippen molar-refractivity contribution in [2.45, 2.75) is 19.8 Å². The molecule has 0 amide bonds. The van der Waals surface area contributed by atoms with Gasteiger partial charge in [0.1, 0.15) is 11.2 Å². The maximum Gasteiger partial charge on any atom is 0.143 e. The molecule has 116 valence electrons. The third kappa shape index (κ3) is 1.75. The first-order chi connectivity index (χ1) is 11.7. The Hall–Kier alpha value is -2.80. The number of rotatable bonds is 1. The molecule has 5 rings (SSSR count). The third-order valence-corrected chi connectivity index (χ3v) is 5.02. The van der Waals surface area contributed by atoms with Gasteiger partial charge in [0.25, 0.3) is 0 Å². The first-order valence-corrected chi connectivity index (χ1v) is 8.49. The molecule has 0 radical (unpaired) electrons. The van der Waals surface area contributed by atoms with E-state index in [1.807, 2.05) is 0 Å². The molecule has 0 unspecified atom stereocenters. The fraction of sp³-hybridized carbons (Fsp3) is 0.130. The molecular weight excluding hydrogens is 292 g/mol. The van der Waals surface area contributed by atoms with Gasteiger partial charge in [0, 0.05) is 16.2 Å². The molecule has 0 fully saturated rings. The Morgan fingerprint density at radius 3 is 2.33 bits per heavy atom. The maximum absolute atomic E-state index is 6.36. The molecule has 4 aromatic carbocycles. The maximum atomic E-state index is 6.36. The summed E-state index contributed by atoms with van der Waals surface area (Å²) in [4.78, 5) is 0. The molecular formula is C23H18O. The summed E-state index contributed by atoms with van der Waals surface area (Å²) in [6.45, 7) is 4.48. The molecule has 1 aromatic heterocycles. The second-order valence-electron chi connectivity index (χ2n) is 6.80. The minimum atomic E-state index is 0.470. The van der Waals surface area contributed by atoms with Gasteiger partial charge in [-0.05, 0) is 39.8 Å². The van der Waals surface area contributed by atoms with E-state index in [9.17, 15) is 0 Å². The van der Waals surface area contributed by atoms with Crippen LogP contribution in [0, 0.1) is 0 Å². The molecule has 0 saturated heterocycles. The summed E-state index contributed by atoms with van der Waals surface area (Å²) in [6.07, 6.45) is 0. The van der Waals surface area contributed by atoms with E-state index >= 15 is 0 Å². The average molecular weight is 310 g/mol. The van der Waals surface area contributed by atoms with Crippen molar-refractivity contribution in [2.75, 3.05) is 0 Å². The van der Waals surface area contributed by atoms with Crippen LogP contribution in [0.4, 0.5) is 0 Å². The molecule has 0 spiro atoms. The number of hydrogen-bond donors (Lipinski definition) is 0. The molecule has 0 N–H and O–H groups in total. The SMILES string of the molecule is CC(C)c1cccc2oc3c(ccc4ccc5ccccc5c43)c12. The molecule has 0 saturated carbocycles. The molecule has 24 heavy (non-hydrogen) atoms. The van der Waals surface area contributed by atoms with Crippen molar-refractivity contribution in [3.63, 3.8) is 0 Å². The van der Waals surface area contributed by atoms with Gasteiger partial charge in [0.05, 0.1) is 0 Å². The highest BCUT2D eigenvalue weighted by molar-refractivity contribution is 6.23. The van der Waals surface area contributed by atoms with Gasteiger partial charge in [-0.15, -0.1) is 0 Å². The highest BCUT2D eigenvalue weighted by atomic mass is 16.3. The largest absolute Gasteiger partial charge is 0.455 e. The Morgan fingerprint density at radius 1 is 0.667 bits per heavy atom. The van der Waals surface area contributed by atoms with Crippen LogP contribution >= 0.6 is 0 Å². The van der Waals surface area contributed by atoms with Gasteiger partial charge >= 0.3 is 0 Å². The van der Waals surface area contributed by atoms with Crippen LogP contribution in [0.3, 0.4) is 0 Å². The Kier molecular flexibility index (Phi) is 2.75. The highest BCUT2D eigenvalue weighted by Gasteiger charge is 2.16. The molecule has 0 aliphatic carbocycles. The van der Waals surface area contributed by atoms with Gasteiger partial charge < -0.3 is 4.42 Å². The van der Waals surface area contributed by atoms with Crippen LogP contribution < -0.4 is 0 Å². The third-order valence-electron chi connectivity index (χ3n) is 5.02. The smallest absolute Gasteiger partial charge is 0.143 e. The molecule has 5 aromatic rings. The number of benzene rings is 4. The summed E-state index contributed by atoms with van der Waals surface area (Å²) in [5.74, 6) is 0.470. The average Bonchev–Trinajstić information content (AvgIpc) is 2.99. The molecule has 0 aliphatic rings. The van der Waals surface area contributed by atoms with Gasteiger partial charge in [0.15, 0.2) is 0 Å². The number of hydrogen-bond acceptors (Lipinski definition) is 1. The van der Waals surface area contributed by atoms with Crippen LogP contribution in [0.15, 0.2) is 71.1 Å². The van der Waals surface area contributed by atoms with Gasteiger partial charge in [-0.25, -0.2) is 0 Å². The lowest BCUT2D eigenvalue weighted by molar-refractivity contribution is 0.672. The monoisotopic (exact) mass is 310 g/mol. The molecule has 1 heteroatoms. The van der Waals surface area contributed by atoms with E-state index in [-0.39, 0.29) is 0 Å².